The Bertz CT molecular complexity index is 1070. The molecule has 0 bridgehead atoms. The summed E-state index contributed by atoms with van der Waals surface area (Å²) in [6.07, 6.45) is 1.70. The molecule has 0 fully saturated rings. The number of carbonyl (C=O) groups excluding carboxylic acids is 2. The first kappa shape index (κ1) is 23.8. The van der Waals surface area contributed by atoms with E-state index >= 15 is 0 Å². The highest BCUT2D eigenvalue weighted by Crippen LogP contribution is 2.36. The normalized spacial score (nSPS) is 11.2. The van der Waals surface area contributed by atoms with Gasteiger partial charge in [0.15, 0.2) is 5.13 Å². The van der Waals surface area contributed by atoms with Crippen LogP contribution >= 0.6 is 23.1 Å². The molecular formula is C22H20F3N3O2S2. The van der Waals surface area contributed by atoms with Gasteiger partial charge in [0.25, 0.3) is 5.91 Å². The fraction of sp³-hybridized carbons (Fsp3) is 0.227. The van der Waals surface area contributed by atoms with E-state index in [0.29, 0.717) is 17.4 Å². The molecule has 10 heteroatoms. The van der Waals surface area contributed by atoms with Crippen LogP contribution in [0, 0.1) is 0 Å². The Morgan fingerprint density at radius 3 is 2.38 bits per heavy atom. The number of nitrogens with one attached hydrogen (secondary N) is 2. The predicted octanol–water partition coefficient (Wildman–Crippen LogP) is 5.74. The zero-order valence-electron chi connectivity index (χ0n) is 17.0. The Labute approximate surface area is 191 Å². The van der Waals surface area contributed by atoms with E-state index in [1.165, 1.54) is 42.5 Å². The zero-order chi connectivity index (χ0) is 23.1. The largest absolute Gasteiger partial charge is 0.446 e. The van der Waals surface area contributed by atoms with E-state index in [4.69, 9.17) is 0 Å². The number of benzene rings is 2. The Balaban J connectivity index is 1.56. The van der Waals surface area contributed by atoms with Crippen molar-refractivity contribution in [1.82, 2.24) is 10.3 Å². The first-order valence-corrected chi connectivity index (χ1v) is 11.4. The van der Waals surface area contributed by atoms with Crippen LogP contribution in [-0.2, 0) is 11.2 Å². The number of amides is 2. The minimum Gasteiger partial charge on any atom is -0.356 e. The Morgan fingerprint density at radius 1 is 1.06 bits per heavy atom. The summed E-state index contributed by atoms with van der Waals surface area (Å²) in [7, 11) is 0. The van der Waals surface area contributed by atoms with Crippen molar-refractivity contribution < 1.29 is 22.8 Å². The first-order valence-electron chi connectivity index (χ1n) is 9.66. The number of hydrogen-bond acceptors (Lipinski definition) is 5. The molecule has 2 amide bonds. The number of hydrogen-bond donors (Lipinski definition) is 2. The number of halogens is 3. The van der Waals surface area contributed by atoms with Crippen LogP contribution in [0.2, 0.25) is 0 Å². The Morgan fingerprint density at radius 2 is 1.75 bits per heavy atom. The third-order valence-electron chi connectivity index (χ3n) is 4.34. The van der Waals surface area contributed by atoms with Crippen molar-refractivity contribution in [3.05, 3.63) is 65.0 Å². The third-order valence-corrected chi connectivity index (χ3v) is 5.84. The molecule has 3 rings (SSSR count). The van der Waals surface area contributed by atoms with Crippen LogP contribution in [0.4, 0.5) is 18.3 Å². The van der Waals surface area contributed by atoms with Gasteiger partial charge in [0.2, 0.25) is 5.91 Å². The maximum absolute atomic E-state index is 12.4. The summed E-state index contributed by atoms with van der Waals surface area (Å²) < 4.78 is 37.2. The van der Waals surface area contributed by atoms with Crippen molar-refractivity contribution in [3.63, 3.8) is 0 Å². The fourth-order valence-corrected chi connectivity index (χ4v) is 4.09. The third kappa shape index (κ3) is 7.38. The first-order chi connectivity index (χ1) is 15.2. The average Bonchev–Trinajstić information content (AvgIpc) is 3.19. The Hall–Kier alpha value is -2.85. The topological polar surface area (TPSA) is 71.1 Å². The number of aryl methyl sites for hydroxylation is 1. The van der Waals surface area contributed by atoms with Crippen LogP contribution in [0.1, 0.15) is 29.3 Å². The van der Waals surface area contributed by atoms with E-state index in [1.54, 1.807) is 0 Å². The minimum absolute atomic E-state index is 0.0177. The molecule has 0 saturated heterocycles. The number of thioether (sulfide) groups is 1. The number of thiazole rings is 1. The number of anilines is 1. The lowest BCUT2D eigenvalue weighted by Crippen LogP contribution is -2.21. The van der Waals surface area contributed by atoms with Crippen LogP contribution in [0.5, 0.6) is 0 Å². The molecule has 3 aromatic rings. The second kappa shape index (κ2) is 10.6. The lowest BCUT2D eigenvalue weighted by Gasteiger charge is -2.06. The molecule has 0 radical (unpaired) electrons. The maximum atomic E-state index is 12.4. The summed E-state index contributed by atoms with van der Waals surface area (Å²) in [5.41, 5.74) is -1.36. The number of nitrogens with zero attached hydrogens (tertiary/aromatic N) is 1. The van der Waals surface area contributed by atoms with Crippen LogP contribution in [0.3, 0.4) is 0 Å². The summed E-state index contributed by atoms with van der Waals surface area (Å²) in [6.45, 7) is 2.13. The monoisotopic (exact) mass is 479 g/mol. The number of aromatic nitrogens is 1. The van der Waals surface area contributed by atoms with E-state index in [0.717, 1.165) is 24.0 Å². The molecule has 0 aliphatic heterocycles. The molecule has 0 aliphatic carbocycles. The fourth-order valence-electron chi connectivity index (χ4n) is 2.84. The van der Waals surface area contributed by atoms with Gasteiger partial charge in [-0.15, -0.1) is 11.3 Å². The van der Waals surface area contributed by atoms with Gasteiger partial charge in [0, 0.05) is 34.9 Å². The number of carbonyl (C=O) groups is 2. The number of alkyl halides is 3. The molecule has 168 valence electrons. The number of rotatable bonds is 8. The van der Waals surface area contributed by atoms with Gasteiger partial charge in [0.05, 0.1) is 5.69 Å². The second-order valence-electron chi connectivity index (χ2n) is 6.85. The van der Waals surface area contributed by atoms with E-state index in [2.05, 4.69) is 15.6 Å². The molecule has 0 aliphatic rings. The van der Waals surface area contributed by atoms with Crippen LogP contribution in [-0.4, -0.2) is 28.9 Å². The van der Waals surface area contributed by atoms with E-state index in [-0.39, 0.29) is 28.1 Å². The summed E-state index contributed by atoms with van der Waals surface area (Å²) in [5.74, 6) is -0.478. The van der Waals surface area contributed by atoms with Gasteiger partial charge in [0.1, 0.15) is 0 Å². The highest BCUT2D eigenvalue weighted by molar-refractivity contribution is 8.00. The van der Waals surface area contributed by atoms with Gasteiger partial charge in [-0.1, -0.05) is 24.3 Å². The van der Waals surface area contributed by atoms with Crippen molar-refractivity contribution in [2.75, 3.05) is 11.9 Å². The smallest absolute Gasteiger partial charge is 0.356 e. The van der Waals surface area contributed by atoms with Crippen molar-refractivity contribution in [1.29, 1.82) is 0 Å². The van der Waals surface area contributed by atoms with Crippen molar-refractivity contribution in [3.8, 4) is 11.3 Å². The van der Waals surface area contributed by atoms with Crippen molar-refractivity contribution in [2.45, 2.75) is 30.2 Å². The van der Waals surface area contributed by atoms with Gasteiger partial charge in [-0.2, -0.15) is 13.2 Å². The van der Waals surface area contributed by atoms with Gasteiger partial charge in [-0.25, -0.2) is 4.98 Å². The van der Waals surface area contributed by atoms with Gasteiger partial charge < -0.3 is 5.32 Å². The molecule has 0 saturated carbocycles. The predicted molar refractivity (Wildman–Crippen MR) is 121 cm³/mol. The molecule has 0 atom stereocenters. The average molecular weight is 480 g/mol. The standard InChI is InChI=1S/C22H20F3N3O2S2/c1-14(29)26-12-2-3-15-4-6-16(7-5-15)19-13-31-21(27-19)28-20(30)17-8-10-18(11-9-17)32-22(23,24)25/h4-11,13H,2-3,12H2,1H3,(H,26,29)(H,27,28,30). The molecule has 1 aromatic heterocycles. The molecule has 2 aromatic carbocycles. The quantitative estimate of drug-likeness (QED) is 0.319. The molecule has 5 nitrogen and oxygen atoms in total. The maximum Gasteiger partial charge on any atom is 0.446 e. The van der Waals surface area contributed by atoms with Crippen LogP contribution in [0.25, 0.3) is 11.3 Å². The summed E-state index contributed by atoms with van der Waals surface area (Å²) in [6, 6.07) is 13.1. The highest BCUT2D eigenvalue weighted by Gasteiger charge is 2.29. The molecule has 0 unspecified atom stereocenters. The van der Waals surface area contributed by atoms with Gasteiger partial charge in [-0.3, -0.25) is 14.9 Å². The Kier molecular flexibility index (Phi) is 7.92. The molecule has 0 spiro atoms. The summed E-state index contributed by atoms with van der Waals surface area (Å²) >= 11 is 1.04. The van der Waals surface area contributed by atoms with E-state index < -0.39 is 11.4 Å². The van der Waals surface area contributed by atoms with Gasteiger partial charge >= 0.3 is 5.51 Å². The minimum atomic E-state index is -4.37. The molecule has 32 heavy (non-hydrogen) atoms. The SMILES string of the molecule is CC(=O)NCCCc1ccc(-c2csc(NC(=O)c3ccc(SC(F)(F)F)cc3)n2)cc1. The summed E-state index contributed by atoms with van der Waals surface area (Å²) in [5, 5.41) is 7.67. The van der Waals surface area contributed by atoms with Gasteiger partial charge in [-0.05, 0) is 54.4 Å². The molecule has 1 heterocycles. The molecule has 2 N–H and O–H groups in total. The van der Waals surface area contributed by atoms with E-state index in [9.17, 15) is 22.8 Å². The lowest BCUT2D eigenvalue weighted by atomic mass is 10.1. The zero-order valence-corrected chi connectivity index (χ0v) is 18.7. The van der Waals surface area contributed by atoms with Crippen LogP contribution in [0.15, 0.2) is 58.8 Å². The highest BCUT2D eigenvalue weighted by atomic mass is 32.2. The van der Waals surface area contributed by atoms with E-state index in [1.807, 2.05) is 29.6 Å². The van der Waals surface area contributed by atoms with Crippen molar-refractivity contribution in [2.24, 2.45) is 0 Å². The molecular weight excluding hydrogens is 459 g/mol. The lowest BCUT2D eigenvalue weighted by molar-refractivity contribution is -0.118. The van der Waals surface area contributed by atoms with Crippen LogP contribution < -0.4 is 10.6 Å². The summed E-state index contributed by atoms with van der Waals surface area (Å²) in [4.78, 5) is 27.7. The second-order valence-corrected chi connectivity index (χ2v) is 8.84. The van der Waals surface area contributed by atoms with Crippen molar-refractivity contribution >= 4 is 40.0 Å².